The Morgan fingerprint density at radius 2 is 2.18 bits per heavy atom. The van der Waals surface area contributed by atoms with Crippen LogP contribution in [0.25, 0.3) is 6.08 Å². The normalized spacial score (nSPS) is 10.7. The van der Waals surface area contributed by atoms with Crippen LogP contribution in [0.4, 0.5) is 4.53 Å². The van der Waals surface area contributed by atoms with Crippen molar-refractivity contribution >= 4 is 17.8 Å². The quantitative estimate of drug-likeness (QED) is 0.717. The molecule has 0 aliphatic carbocycles. The van der Waals surface area contributed by atoms with Gasteiger partial charge in [-0.05, 0) is 37.6 Å². The molecule has 0 N–H and O–H groups in total. The Morgan fingerprint density at radius 1 is 1.41 bits per heavy atom. The van der Waals surface area contributed by atoms with Crippen molar-refractivity contribution in [1.82, 2.24) is 0 Å². The van der Waals surface area contributed by atoms with E-state index in [1.807, 2.05) is 6.92 Å². The van der Waals surface area contributed by atoms with Crippen LogP contribution < -0.4 is 0 Å². The maximum Gasteiger partial charge on any atom is 0.348 e. The number of rotatable bonds is 6. The molecule has 1 aromatic rings. The van der Waals surface area contributed by atoms with Crippen LogP contribution in [0.1, 0.15) is 30.8 Å². The van der Waals surface area contributed by atoms with Gasteiger partial charge >= 0.3 is 5.97 Å². The number of halogens is 1. The molecule has 0 aliphatic heterocycles. The zero-order valence-electron chi connectivity index (χ0n) is 9.44. The third kappa shape index (κ3) is 5.10. The van der Waals surface area contributed by atoms with Crippen LogP contribution in [-0.2, 0) is 14.5 Å². The average Bonchev–Trinajstić information content (AvgIpc) is 2.72. The van der Waals surface area contributed by atoms with Crippen molar-refractivity contribution in [3.63, 3.8) is 0 Å². The zero-order valence-corrected chi connectivity index (χ0v) is 9.44. The Bertz CT molecular complexity index is 420. The van der Waals surface area contributed by atoms with Gasteiger partial charge in [0.2, 0.25) is 0 Å². The Balaban J connectivity index is 2.30. The van der Waals surface area contributed by atoms with E-state index in [1.165, 1.54) is 6.08 Å². The predicted octanol–water partition coefficient (Wildman–Crippen LogP) is 2.77. The van der Waals surface area contributed by atoms with Crippen molar-refractivity contribution in [2.24, 2.45) is 0 Å². The van der Waals surface area contributed by atoms with Crippen molar-refractivity contribution in [3.8, 4) is 0 Å². The Labute approximate surface area is 98.0 Å². The number of hydrogen-bond acceptors (Lipinski definition) is 4. The largest absolute Gasteiger partial charge is 0.462 e. The predicted molar refractivity (Wildman–Crippen MR) is 58.5 cm³/mol. The fourth-order valence-electron chi connectivity index (χ4n) is 1.25. The lowest BCUT2D eigenvalue weighted by Gasteiger charge is -1.93. The summed E-state index contributed by atoms with van der Waals surface area (Å²) < 4.78 is 16.6. The first-order valence-electron chi connectivity index (χ1n) is 5.20. The maximum atomic E-state index is 11.3. The molecule has 0 bridgehead atoms. The van der Waals surface area contributed by atoms with Crippen LogP contribution in [0, 0.1) is 6.92 Å². The van der Waals surface area contributed by atoms with Crippen molar-refractivity contribution in [3.05, 3.63) is 29.7 Å². The smallest absolute Gasteiger partial charge is 0.348 e. The molecule has 0 saturated heterocycles. The van der Waals surface area contributed by atoms with Crippen molar-refractivity contribution in [2.45, 2.75) is 26.2 Å². The van der Waals surface area contributed by atoms with E-state index in [2.05, 4.69) is 4.94 Å². The molecule has 0 amide bonds. The van der Waals surface area contributed by atoms with Crippen molar-refractivity contribution in [1.29, 1.82) is 0 Å². The molecule has 0 radical (unpaired) electrons. The average molecular weight is 240 g/mol. The monoisotopic (exact) mass is 240 g/mol. The highest BCUT2D eigenvalue weighted by Gasteiger charge is 2.04. The summed E-state index contributed by atoms with van der Waals surface area (Å²) in [5, 5.41) is 0. The molecule has 5 heteroatoms. The topological polar surface area (TPSA) is 56.5 Å². The molecular weight excluding hydrogens is 227 g/mol. The highest BCUT2D eigenvalue weighted by Crippen LogP contribution is 2.08. The minimum absolute atomic E-state index is 0.101. The molecule has 0 aliphatic rings. The van der Waals surface area contributed by atoms with E-state index in [-0.39, 0.29) is 25.0 Å². The third-order valence-electron chi connectivity index (χ3n) is 2.08. The highest BCUT2D eigenvalue weighted by atomic mass is 19.3. The third-order valence-corrected chi connectivity index (χ3v) is 2.08. The molecule has 1 heterocycles. The van der Waals surface area contributed by atoms with Crippen LogP contribution in [-0.4, -0.2) is 11.8 Å². The molecule has 0 saturated carbocycles. The summed E-state index contributed by atoms with van der Waals surface area (Å²) in [4.78, 5) is 24.7. The van der Waals surface area contributed by atoms with E-state index in [1.54, 1.807) is 18.2 Å². The van der Waals surface area contributed by atoms with Gasteiger partial charge in [-0.3, -0.25) is 9.74 Å². The minimum atomic E-state index is -0.955. The molecule has 92 valence electrons. The van der Waals surface area contributed by atoms with Gasteiger partial charge in [-0.1, -0.05) is 0 Å². The van der Waals surface area contributed by atoms with Gasteiger partial charge in [0, 0.05) is 17.4 Å². The first-order valence-corrected chi connectivity index (χ1v) is 5.20. The molecular formula is C12H13FO4. The second kappa shape index (κ2) is 6.62. The number of aryl methyl sites for hydroxylation is 1. The molecule has 0 aromatic carbocycles. The van der Waals surface area contributed by atoms with Crippen LogP contribution in [0.5, 0.6) is 0 Å². The van der Waals surface area contributed by atoms with Crippen LogP contribution >= 0.6 is 0 Å². The fraction of sp³-hybridized carbons (Fsp3) is 0.333. The lowest BCUT2D eigenvalue weighted by atomic mass is 10.1. The summed E-state index contributed by atoms with van der Waals surface area (Å²) in [6, 6.07) is 3.54. The molecule has 1 aromatic heterocycles. The minimum Gasteiger partial charge on any atom is -0.462 e. The second-order valence-electron chi connectivity index (χ2n) is 3.55. The Hall–Kier alpha value is -1.91. The number of carbonyl (C=O) groups is 2. The first kappa shape index (κ1) is 13.2. The SMILES string of the molecule is Cc1ccc(/C=C/C(=O)CCCC(=O)OF)o1. The van der Waals surface area contributed by atoms with Gasteiger partial charge in [-0.2, -0.15) is 0 Å². The van der Waals surface area contributed by atoms with Gasteiger partial charge in [-0.25, -0.2) is 4.79 Å². The fourth-order valence-corrected chi connectivity index (χ4v) is 1.25. The second-order valence-corrected chi connectivity index (χ2v) is 3.55. The molecule has 0 unspecified atom stereocenters. The van der Waals surface area contributed by atoms with Crippen molar-refractivity contribution in [2.75, 3.05) is 0 Å². The lowest BCUT2D eigenvalue weighted by Crippen LogP contribution is -1.99. The van der Waals surface area contributed by atoms with Crippen LogP contribution in [0.2, 0.25) is 0 Å². The number of carbonyl (C=O) groups excluding carboxylic acids is 2. The molecule has 0 atom stereocenters. The summed E-state index contributed by atoms with van der Waals surface area (Å²) in [5.74, 6) is 0.260. The van der Waals surface area contributed by atoms with Gasteiger partial charge in [0.05, 0.1) is 0 Å². The molecule has 4 nitrogen and oxygen atoms in total. The van der Waals surface area contributed by atoms with E-state index in [0.717, 1.165) is 5.76 Å². The molecule has 0 fully saturated rings. The zero-order chi connectivity index (χ0) is 12.7. The van der Waals surface area contributed by atoms with Crippen LogP contribution in [0.3, 0.4) is 0 Å². The van der Waals surface area contributed by atoms with Gasteiger partial charge < -0.3 is 4.42 Å². The lowest BCUT2D eigenvalue weighted by molar-refractivity contribution is -0.183. The number of ketones is 1. The molecule has 0 spiro atoms. The number of allylic oxidation sites excluding steroid dienone is 1. The van der Waals surface area contributed by atoms with E-state index in [0.29, 0.717) is 5.76 Å². The highest BCUT2D eigenvalue weighted by molar-refractivity contribution is 5.93. The Kier molecular flexibility index (Phi) is 5.13. The van der Waals surface area contributed by atoms with E-state index in [9.17, 15) is 14.1 Å². The number of furan rings is 1. The summed E-state index contributed by atoms with van der Waals surface area (Å²) in [7, 11) is 0. The Morgan fingerprint density at radius 3 is 2.76 bits per heavy atom. The first-order chi connectivity index (χ1) is 8.11. The van der Waals surface area contributed by atoms with Gasteiger partial charge in [0.25, 0.3) is 0 Å². The number of hydrogen-bond donors (Lipinski definition) is 0. The summed E-state index contributed by atoms with van der Waals surface area (Å²) in [6.07, 6.45) is 3.27. The van der Waals surface area contributed by atoms with Gasteiger partial charge in [0.1, 0.15) is 11.5 Å². The standard InChI is InChI=1S/C12H13FO4/c1-9-5-7-11(16-9)8-6-10(14)3-2-4-12(15)17-13/h5-8H,2-4H2,1H3/b8-6+. The van der Waals surface area contributed by atoms with E-state index in [4.69, 9.17) is 4.42 Å². The summed E-state index contributed by atoms with van der Waals surface area (Å²) in [5.41, 5.74) is 0. The van der Waals surface area contributed by atoms with E-state index >= 15 is 0 Å². The van der Waals surface area contributed by atoms with Crippen LogP contribution in [0.15, 0.2) is 22.6 Å². The molecule has 1 rings (SSSR count). The summed E-state index contributed by atoms with van der Waals surface area (Å²) >= 11 is 0. The summed E-state index contributed by atoms with van der Waals surface area (Å²) in [6.45, 7) is 1.81. The van der Waals surface area contributed by atoms with E-state index < -0.39 is 5.97 Å². The van der Waals surface area contributed by atoms with Gasteiger partial charge in [-0.15, -0.1) is 0 Å². The molecule has 17 heavy (non-hydrogen) atoms. The maximum absolute atomic E-state index is 11.3. The van der Waals surface area contributed by atoms with Gasteiger partial charge in [0.15, 0.2) is 5.78 Å². The van der Waals surface area contributed by atoms with Crippen molar-refractivity contribution < 1.29 is 23.5 Å².